The van der Waals surface area contributed by atoms with Crippen LogP contribution in [0.5, 0.6) is 0 Å². The first-order valence-corrected chi connectivity index (χ1v) is 6.68. The number of aliphatic hydroxyl groups excluding tert-OH is 2. The molecule has 0 bridgehead atoms. The van der Waals surface area contributed by atoms with E-state index in [1.54, 1.807) is 0 Å². The molecule has 1 aromatic heterocycles. The Hall–Kier alpha value is -2.24. The van der Waals surface area contributed by atoms with Gasteiger partial charge in [0.1, 0.15) is 5.82 Å². The molecule has 3 atom stereocenters. The Morgan fingerprint density at radius 1 is 1.38 bits per heavy atom. The second kappa shape index (κ2) is 6.71. The van der Waals surface area contributed by atoms with Gasteiger partial charge in [-0.05, 0) is 12.1 Å². The fraction of sp³-hybridized carbons (Fsp3) is 0.462. The summed E-state index contributed by atoms with van der Waals surface area (Å²) in [5.74, 6) is -2.85. The van der Waals surface area contributed by atoms with E-state index in [1.165, 1.54) is 6.07 Å². The molecule has 0 radical (unpaired) electrons. The molecule has 11 heteroatoms. The van der Waals surface area contributed by atoms with Gasteiger partial charge < -0.3 is 20.1 Å². The number of morpholine rings is 1. The van der Waals surface area contributed by atoms with Crippen LogP contribution in [0.25, 0.3) is 0 Å². The van der Waals surface area contributed by atoms with Crippen LogP contribution in [0.2, 0.25) is 0 Å². The number of carbonyl (C=O) groups is 2. The number of ether oxygens (including phenoxy) is 1. The van der Waals surface area contributed by atoms with Gasteiger partial charge in [-0.25, -0.2) is 9.78 Å². The van der Waals surface area contributed by atoms with E-state index >= 15 is 0 Å². The number of aliphatic hydroxyl groups is 2. The highest BCUT2D eigenvalue weighted by Gasteiger charge is 2.42. The topological polar surface area (TPSA) is 120 Å². The van der Waals surface area contributed by atoms with Crippen LogP contribution in [0.3, 0.4) is 0 Å². The van der Waals surface area contributed by atoms with Gasteiger partial charge in [0, 0.05) is 0 Å². The summed E-state index contributed by atoms with van der Waals surface area (Å²) in [7, 11) is 0. The summed E-state index contributed by atoms with van der Waals surface area (Å²) >= 11 is 0. The van der Waals surface area contributed by atoms with Gasteiger partial charge >= 0.3 is 12.1 Å². The first-order valence-electron chi connectivity index (χ1n) is 6.68. The average molecular weight is 350 g/mol. The van der Waals surface area contributed by atoms with Gasteiger partial charge in [0.05, 0.1) is 18.8 Å². The van der Waals surface area contributed by atoms with E-state index in [0.717, 1.165) is 17.0 Å². The van der Waals surface area contributed by atoms with Crippen molar-refractivity contribution < 1.29 is 42.8 Å². The van der Waals surface area contributed by atoms with E-state index in [4.69, 9.17) is 9.84 Å². The first-order chi connectivity index (χ1) is 11.1. The monoisotopic (exact) mass is 350 g/mol. The minimum absolute atomic E-state index is 0.0970. The highest BCUT2D eigenvalue weighted by molar-refractivity contribution is 5.99. The number of rotatable bonds is 4. The van der Waals surface area contributed by atoms with Gasteiger partial charge in [-0.15, -0.1) is 0 Å². The lowest BCUT2D eigenvalue weighted by molar-refractivity contribution is -0.207. The maximum absolute atomic E-state index is 12.6. The largest absolute Gasteiger partial charge is 0.479 e. The fourth-order valence-electron chi connectivity index (χ4n) is 2.10. The lowest BCUT2D eigenvalue weighted by atomic mass is 10.1. The quantitative estimate of drug-likeness (QED) is 0.691. The summed E-state index contributed by atoms with van der Waals surface area (Å²) in [4.78, 5) is 27.5. The maximum atomic E-state index is 12.6. The third-order valence-corrected chi connectivity index (χ3v) is 3.28. The van der Waals surface area contributed by atoms with Crippen molar-refractivity contribution in [2.75, 3.05) is 18.1 Å². The minimum Gasteiger partial charge on any atom is -0.479 e. The summed E-state index contributed by atoms with van der Waals surface area (Å²) in [5, 5.41) is 27.4. The molecular weight excluding hydrogens is 337 g/mol. The SMILES string of the molecule is O=C(O)C(O)[C@H]1OCCN(c2cccc(C(O)C(F)(F)F)n2)C1=O. The van der Waals surface area contributed by atoms with Crippen molar-refractivity contribution in [3.63, 3.8) is 0 Å². The number of aliphatic carboxylic acids is 1. The third-order valence-electron chi connectivity index (χ3n) is 3.28. The molecule has 0 spiro atoms. The van der Waals surface area contributed by atoms with Gasteiger partial charge in [0.25, 0.3) is 5.91 Å². The van der Waals surface area contributed by atoms with Crippen molar-refractivity contribution in [1.82, 2.24) is 4.98 Å². The van der Waals surface area contributed by atoms with Crippen LogP contribution in [0, 0.1) is 0 Å². The number of hydrogen-bond acceptors (Lipinski definition) is 6. The Bertz CT molecular complexity index is 638. The number of carboxylic acid groups (broad SMARTS) is 1. The molecule has 1 aromatic rings. The number of anilines is 1. The molecular formula is C13H13F3N2O6. The maximum Gasteiger partial charge on any atom is 0.420 e. The van der Waals surface area contributed by atoms with Crippen LogP contribution in [0.15, 0.2) is 18.2 Å². The summed E-state index contributed by atoms with van der Waals surface area (Å²) in [6.45, 7) is -0.241. The number of nitrogens with zero attached hydrogens (tertiary/aromatic N) is 2. The molecule has 3 N–H and O–H groups in total. The molecule has 8 nitrogen and oxygen atoms in total. The zero-order valence-electron chi connectivity index (χ0n) is 12.0. The van der Waals surface area contributed by atoms with Crippen molar-refractivity contribution >= 4 is 17.7 Å². The minimum atomic E-state index is -4.93. The first kappa shape index (κ1) is 18.1. The van der Waals surface area contributed by atoms with Crippen molar-refractivity contribution in [3.05, 3.63) is 23.9 Å². The number of aromatic nitrogens is 1. The second-order valence-corrected chi connectivity index (χ2v) is 4.93. The lowest BCUT2D eigenvalue weighted by Crippen LogP contribution is -2.54. The predicted octanol–water partition coefficient (Wildman–Crippen LogP) is -0.145. The van der Waals surface area contributed by atoms with Crippen LogP contribution >= 0.6 is 0 Å². The molecule has 132 valence electrons. The van der Waals surface area contributed by atoms with Crippen LogP contribution in [-0.2, 0) is 14.3 Å². The molecule has 0 aliphatic carbocycles. The molecule has 1 saturated heterocycles. The molecule has 2 rings (SSSR count). The molecule has 2 unspecified atom stereocenters. The van der Waals surface area contributed by atoms with E-state index in [9.17, 15) is 33.0 Å². The number of hydrogen-bond donors (Lipinski definition) is 3. The normalized spacial score (nSPS) is 21.5. The number of carboxylic acids is 1. The van der Waals surface area contributed by atoms with Gasteiger partial charge in [-0.3, -0.25) is 9.69 Å². The van der Waals surface area contributed by atoms with Crippen LogP contribution in [0.1, 0.15) is 11.8 Å². The molecule has 1 aliphatic rings. The Morgan fingerprint density at radius 2 is 2.04 bits per heavy atom. The lowest BCUT2D eigenvalue weighted by Gasteiger charge is -2.33. The van der Waals surface area contributed by atoms with E-state index in [2.05, 4.69) is 4.98 Å². The van der Waals surface area contributed by atoms with E-state index < -0.39 is 42.1 Å². The van der Waals surface area contributed by atoms with E-state index in [-0.39, 0.29) is 19.0 Å². The van der Waals surface area contributed by atoms with Crippen molar-refractivity contribution in [3.8, 4) is 0 Å². The van der Waals surface area contributed by atoms with Crippen molar-refractivity contribution in [1.29, 1.82) is 0 Å². The third kappa shape index (κ3) is 3.63. The number of pyridine rings is 1. The fourth-order valence-corrected chi connectivity index (χ4v) is 2.10. The van der Waals surface area contributed by atoms with Crippen LogP contribution in [-0.4, -0.2) is 63.7 Å². The molecule has 1 fully saturated rings. The number of halogens is 3. The molecule has 0 saturated carbocycles. The number of carbonyl (C=O) groups excluding carboxylic acids is 1. The Morgan fingerprint density at radius 3 is 2.62 bits per heavy atom. The van der Waals surface area contributed by atoms with E-state index in [0.29, 0.717) is 0 Å². The summed E-state index contributed by atoms with van der Waals surface area (Å²) < 4.78 is 42.6. The molecule has 24 heavy (non-hydrogen) atoms. The van der Waals surface area contributed by atoms with Gasteiger partial charge in [0.2, 0.25) is 0 Å². The number of amides is 1. The summed E-state index contributed by atoms with van der Waals surface area (Å²) in [6, 6.07) is 3.33. The van der Waals surface area contributed by atoms with Gasteiger partial charge in [-0.2, -0.15) is 13.2 Å². The van der Waals surface area contributed by atoms with Gasteiger partial charge in [0.15, 0.2) is 18.3 Å². The summed E-state index contributed by atoms with van der Waals surface area (Å²) in [6.07, 6.45) is -11.6. The van der Waals surface area contributed by atoms with Crippen LogP contribution in [0.4, 0.5) is 19.0 Å². The Labute approximate surface area is 133 Å². The highest BCUT2D eigenvalue weighted by atomic mass is 19.4. The Kier molecular flexibility index (Phi) is 5.06. The zero-order valence-corrected chi connectivity index (χ0v) is 12.0. The molecule has 0 aromatic carbocycles. The molecule has 2 heterocycles. The highest BCUT2D eigenvalue weighted by Crippen LogP contribution is 2.32. The van der Waals surface area contributed by atoms with Gasteiger partial charge in [-0.1, -0.05) is 6.07 Å². The number of alkyl halides is 3. The second-order valence-electron chi connectivity index (χ2n) is 4.93. The smallest absolute Gasteiger partial charge is 0.420 e. The van der Waals surface area contributed by atoms with Crippen molar-refractivity contribution in [2.24, 2.45) is 0 Å². The van der Waals surface area contributed by atoms with E-state index in [1.807, 2.05) is 0 Å². The summed E-state index contributed by atoms with van der Waals surface area (Å²) in [5.41, 5.74) is -0.713. The van der Waals surface area contributed by atoms with Crippen molar-refractivity contribution in [2.45, 2.75) is 24.5 Å². The Balaban J connectivity index is 2.28. The predicted molar refractivity (Wildman–Crippen MR) is 71.0 cm³/mol. The molecule has 1 aliphatic heterocycles. The standard InChI is InChI=1S/C13H13F3N2O6/c14-13(15,16)10(20)6-2-1-3-7(17-6)18-4-5-24-9(11(18)21)8(19)12(22)23/h1-3,8-10,19-20H,4-5H2,(H,22,23)/t8?,9-,10?/m1/s1. The average Bonchev–Trinajstić information content (AvgIpc) is 2.53. The van der Waals surface area contributed by atoms with Crippen LogP contribution < -0.4 is 4.90 Å². The molecule has 1 amide bonds. The zero-order chi connectivity index (χ0) is 18.1.